The van der Waals surface area contributed by atoms with E-state index in [-0.39, 0.29) is 54.5 Å². The van der Waals surface area contributed by atoms with Crippen molar-refractivity contribution < 1.29 is 9.59 Å². The highest BCUT2D eigenvalue weighted by Gasteiger charge is 2.40. The summed E-state index contributed by atoms with van der Waals surface area (Å²) in [5.74, 6) is 1.08. The van der Waals surface area contributed by atoms with Crippen molar-refractivity contribution in [3.05, 3.63) is 29.8 Å². The number of hydrogen-bond donors (Lipinski definition) is 3. The minimum atomic E-state index is -0.179. The summed E-state index contributed by atoms with van der Waals surface area (Å²) < 4.78 is 0. The first-order valence-electron chi connectivity index (χ1n) is 11.2. The number of nitrogens with two attached hydrogens (primary N) is 2. The highest BCUT2D eigenvalue weighted by atomic mass is 35.5. The largest absolute Gasteiger partial charge is 0.369 e. The topological polar surface area (TPSA) is 101 Å². The Kier molecular flexibility index (Phi) is 9.62. The zero-order valence-corrected chi connectivity index (χ0v) is 19.6. The molecule has 2 saturated carbocycles. The number of amides is 2. The van der Waals surface area contributed by atoms with E-state index in [4.69, 9.17) is 11.5 Å². The maximum atomic E-state index is 12.9. The van der Waals surface area contributed by atoms with Gasteiger partial charge in [-0.2, -0.15) is 0 Å². The van der Waals surface area contributed by atoms with Crippen LogP contribution >= 0.6 is 24.8 Å². The van der Waals surface area contributed by atoms with Crippen LogP contribution in [0.2, 0.25) is 0 Å². The highest BCUT2D eigenvalue weighted by molar-refractivity contribution is 5.92. The quantitative estimate of drug-likeness (QED) is 0.613. The third kappa shape index (κ3) is 6.35. The van der Waals surface area contributed by atoms with Crippen molar-refractivity contribution in [3.8, 4) is 0 Å². The first kappa shape index (κ1) is 25.9. The minimum Gasteiger partial charge on any atom is -0.369 e. The van der Waals surface area contributed by atoms with Crippen molar-refractivity contribution in [1.29, 1.82) is 0 Å². The number of anilines is 1. The number of carbonyl (C=O) groups is 2. The molecule has 2 unspecified atom stereocenters. The summed E-state index contributed by atoms with van der Waals surface area (Å²) in [6.07, 6.45) is 7.12. The van der Waals surface area contributed by atoms with Crippen LogP contribution in [0.1, 0.15) is 50.5 Å². The summed E-state index contributed by atoms with van der Waals surface area (Å²) in [5.41, 5.74) is 13.9. The lowest BCUT2D eigenvalue weighted by Crippen LogP contribution is -2.48. The minimum absolute atomic E-state index is 0. The van der Waals surface area contributed by atoms with Gasteiger partial charge in [-0.25, -0.2) is 0 Å². The molecule has 0 aromatic heterocycles. The molecule has 174 valence electrons. The molecule has 6 nitrogen and oxygen atoms in total. The van der Waals surface area contributed by atoms with Crippen LogP contribution in [0, 0.1) is 23.7 Å². The molecule has 1 aromatic rings. The number of carbonyl (C=O) groups excluding carboxylic acids is 2. The fraction of sp³-hybridized carbons (Fsp3) is 0.652. The van der Waals surface area contributed by atoms with Gasteiger partial charge in [-0.05, 0) is 81.1 Å². The molecule has 2 atom stereocenters. The van der Waals surface area contributed by atoms with Crippen molar-refractivity contribution in [2.24, 2.45) is 35.1 Å². The Morgan fingerprint density at radius 2 is 1.65 bits per heavy atom. The number of primary amides is 1. The van der Waals surface area contributed by atoms with E-state index in [1.54, 1.807) is 0 Å². The maximum Gasteiger partial charge on any atom is 0.227 e. The van der Waals surface area contributed by atoms with E-state index in [0.29, 0.717) is 11.8 Å². The van der Waals surface area contributed by atoms with E-state index in [1.165, 1.54) is 24.8 Å². The van der Waals surface area contributed by atoms with Gasteiger partial charge >= 0.3 is 0 Å². The average Bonchev–Trinajstić information content (AvgIpc) is 2.68. The average molecular weight is 471 g/mol. The van der Waals surface area contributed by atoms with Gasteiger partial charge in [0.2, 0.25) is 11.8 Å². The number of piperidine rings is 1. The van der Waals surface area contributed by atoms with Crippen LogP contribution in [0.3, 0.4) is 0 Å². The summed E-state index contributed by atoms with van der Waals surface area (Å²) in [7, 11) is 0. The van der Waals surface area contributed by atoms with Crippen molar-refractivity contribution in [1.82, 2.24) is 4.90 Å². The normalized spacial score (nSPS) is 28.7. The van der Waals surface area contributed by atoms with Crippen molar-refractivity contribution in [2.45, 2.75) is 57.5 Å². The second-order valence-electron chi connectivity index (χ2n) is 9.34. The highest BCUT2D eigenvalue weighted by Crippen LogP contribution is 2.42. The van der Waals surface area contributed by atoms with Crippen LogP contribution in [-0.4, -0.2) is 35.8 Å². The summed E-state index contributed by atoms with van der Waals surface area (Å²) in [6.45, 7) is 2.60. The monoisotopic (exact) mass is 470 g/mol. The molecule has 2 bridgehead atoms. The third-order valence-electron chi connectivity index (χ3n) is 7.37. The Labute approximate surface area is 197 Å². The fourth-order valence-electron chi connectivity index (χ4n) is 5.63. The molecule has 2 amide bonds. The first-order chi connectivity index (χ1) is 14.0. The summed E-state index contributed by atoms with van der Waals surface area (Å²) in [4.78, 5) is 26.6. The van der Waals surface area contributed by atoms with Crippen LogP contribution in [0.4, 0.5) is 5.69 Å². The van der Waals surface area contributed by atoms with Gasteiger partial charge in [0.15, 0.2) is 0 Å². The van der Waals surface area contributed by atoms with Gasteiger partial charge in [-0.1, -0.05) is 18.6 Å². The summed E-state index contributed by atoms with van der Waals surface area (Å²) in [6, 6.07) is 8.44. The summed E-state index contributed by atoms with van der Waals surface area (Å²) >= 11 is 0. The number of benzene rings is 1. The molecule has 8 heteroatoms. The van der Waals surface area contributed by atoms with E-state index in [1.807, 2.05) is 12.1 Å². The van der Waals surface area contributed by atoms with Gasteiger partial charge in [-0.15, -0.1) is 24.8 Å². The Bertz CT molecular complexity index is 741. The Hall–Kier alpha value is -1.34. The number of fused-ring (bicyclic) bond motifs is 2. The lowest BCUT2D eigenvalue weighted by molar-refractivity contribution is -0.123. The van der Waals surface area contributed by atoms with Crippen LogP contribution < -0.4 is 16.8 Å². The molecular formula is C23H36Cl2N4O2. The van der Waals surface area contributed by atoms with Crippen LogP contribution in [0.25, 0.3) is 0 Å². The molecule has 3 fully saturated rings. The van der Waals surface area contributed by atoms with Crippen molar-refractivity contribution >= 4 is 42.3 Å². The number of halogens is 2. The van der Waals surface area contributed by atoms with Gasteiger partial charge in [0.25, 0.3) is 0 Å². The number of nitrogens with zero attached hydrogens (tertiary/aromatic N) is 1. The number of hydrogen-bond acceptors (Lipinski definition) is 4. The molecular weight excluding hydrogens is 435 g/mol. The predicted octanol–water partition coefficient (Wildman–Crippen LogP) is 3.32. The molecule has 3 aliphatic rings. The van der Waals surface area contributed by atoms with Crippen molar-refractivity contribution in [2.75, 3.05) is 18.4 Å². The molecule has 1 aromatic carbocycles. The van der Waals surface area contributed by atoms with E-state index < -0.39 is 0 Å². The van der Waals surface area contributed by atoms with Crippen LogP contribution in [-0.2, 0) is 16.1 Å². The zero-order valence-electron chi connectivity index (χ0n) is 18.0. The lowest BCUT2D eigenvalue weighted by atomic mass is 9.65. The number of rotatable bonds is 5. The summed E-state index contributed by atoms with van der Waals surface area (Å²) in [5, 5.41) is 3.16. The van der Waals surface area contributed by atoms with Gasteiger partial charge in [-0.3, -0.25) is 14.5 Å². The second-order valence-corrected chi connectivity index (χ2v) is 9.34. The van der Waals surface area contributed by atoms with Gasteiger partial charge in [0, 0.05) is 30.1 Å². The maximum absolute atomic E-state index is 12.9. The predicted molar refractivity (Wildman–Crippen MR) is 128 cm³/mol. The van der Waals surface area contributed by atoms with Gasteiger partial charge < -0.3 is 16.8 Å². The lowest BCUT2D eigenvalue weighted by Gasteiger charge is -2.43. The molecule has 0 radical (unpaired) electrons. The molecule has 31 heavy (non-hydrogen) atoms. The molecule has 1 saturated heterocycles. The fourth-order valence-corrected chi connectivity index (χ4v) is 5.63. The first-order valence-corrected chi connectivity index (χ1v) is 11.2. The number of likely N-dealkylation sites (tertiary alicyclic amines) is 1. The number of nitrogens with one attached hydrogen (secondary N) is 1. The Morgan fingerprint density at radius 1 is 1.00 bits per heavy atom. The standard InChI is InChI=1S/C23H34N4O2.2ClH/c24-21-17-4-2-5-18(21)13-19(12-17)23(29)26-20-6-1-3-15(11-20)14-27-9-7-16(8-10-27)22(25)28;;/h1,3,6,11,16-19,21H,2,4-5,7-10,12-14,24H2,(H2,25,28)(H,26,29);2*1H. The van der Waals surface area contributed by atoms with Crippen LogP contribution in [0.15, 0.2) is 24.3 Å². The van der Waals surface area contributed by atoms with Crippen LogP contribution in [0.5, 0.6) is 0 Å². The molecule has 1 aliphatic heterocycles. The van der Waals surface area contributed by atoms with E-state index in [9.17, 15) is 9.59 Å². The Morgan fingerprint density at radius 3 is 2.26 bits per heavy atom. The van der Waals surface area contributed by atoms with E-state index in [2.05, 4.69) is 22.3 Å². The van der Waals surface area contributed by atoms with E-state index >= 15 is 0 Å². The third-order valence-corrected chi connectivity index (χ3v) is 7.37. The van der Waals surface area contributed by atoms with Gasteiger partial charge in [0.1, 0.15) is 0 Å². The molecule has 1 heterocycles. The molecule has 5 N–H and O–H groups in total. The SMILES string of the molecule is Cl.Cl.NC(=O)C1CCN(Cc2cccc(NC(=O)C3CC4CCCC(C3)C4N)c2)CC1. The molecule has 0 spiro atoms. The smallest absolute Gasteiger partial charge is 0.227 e. The van der Waals surface area contributed by atoms with Gasteiger partial charge in [0.05, 0.1) is 0 Å². The zero-order chi connectivity index (χ0) is 20.4. The molecule has 2 aliphatic carbocycles. The second kappa shape index (κ2) is 11.5. The van der Waals surface area contributed by atoms with Crippen molar-refractivity contribution in [3.63, 3.8) is 0 Å². The van der Waals surface area contributed by atoms with E-state index in [0.717, 1.165) is 51.0 Å². The Balaban J connectivity index is 0.00000171. The molecule has 4 rings (SSSR count).